The maximum Gasteiger partial charge on any atom is 0.296 e. The molecule has 122 valence electrons. The molecule has 0 saturated carbocycles. The van der Waals surface area contributed by atoms with Gasteiger partial charge in [0.2, 0.25) is 0 Å². The van der Waals surface area contributed by atoms with Gasteiger partial charge in [-0.05, 0) is 36.4 Å². The lowest BCUT2D eigenvalue weighted by Gasteiger charge is -2.05. The van der Waals surface area contributed by atoms with Crippen molar-refractivity contribution in [3.63, 3.8) is 0 Å². The fraction of sp³-hybridized carbons (Fsp3) is 0.0588. The molecule has 1 aromatic heterocycles. The first-order valence-electron chi connectivity index (χ1n) is 6.95. The third-order valence-electron chi connectivity index (χ3n) is 3.52. The van der Waals surface area contributed by atoms with E-state index in [4.69, 9.17) is 16.3 Å². The lowest BCUT2D eigenvalue weighted by Crippen LogP contribution is -2.22. The van der Waals surface area contributed by atoms with Crippen LogP contribution in [0.4, 0.5) is 10.1 Å². The summed E-state index contributed by atoms with van der Waals surface area (Å²) in [4.78, 5) is 27.5. The molecule has 0 unspecified atom stereocenters. The second-order valence-electron chi connectivity index (χ2n) is 5.03. The number of aromatic nitrogens is 1. The Morgan fingerprint density at radius 1 is 1.21 bits per heavy atom. The number of fused-ring (bicyclic) bond motifs is 1. The summed E-state index contributed by atoms with van der Waals surface area (Å²) in [6, 6.07) is 8.83. The van der Waals surface area contributed by atoms with Crippen LogP contribution in [0.5, 0.6) is 5.75 Å². The standard InChI is InChI=1S/C17H12ClFN2O3/c1-24-10-3-5-15-11(7-10)12(8-20-15)16(22)17(23)21-9-2-4-14(19)13(18)6-9/h2-8,20H,1H3,(H,21,23). The van der Waals surface area contributed by atoms with Crippen LogP contribution in [0.3, 0.4) is 0 Å². The lowest BCUT2D eigenvalue weighted by molar-refractivity contribution is -0.112. The third-order valence-corrected chi connectivity index (χ3v) is 3.81. The van der Waals surface area contributed by atoms with Gasteiger partial charge in [0.15, 0.2) is 0 Å². The lowest BCUT2D eigenvalue weighted by atomic mass is 10.1. The van der Waals surface area contributed by atoms with E-state index in [9.17, 15) is 14.0 Å². The molecule has 0 aliphatic rings. The number of carbonyl (C=O) groups is 2. The average Bonchev–Trinajstić information content (AvgIpc) is 3.00. The summed E-state index contributed by atoms with van der Waals surface area (Å²) in [6.07, 6.45) is 1.46. The summed E-state index contributed by atoms with van der Waals surface area (Å²) >= 11 is 5.66. The highest BCUT2D eigenvalue weighted by Gasteiger charge is 2.20. The molecule has 0 aliphatic heterocycles. The van der Waals surface area contributed by atoms with Gasteiger partial charge in [-0.25, -0.2) is 4.39 Å². The molecule has 0 aliphatic carbocycles. The predicted molar refractivity (Wildman–Crippen MR) is 89.2 cm³/mol. The maximum absolute atomic E-state index is 13.1. The first kappa shape index (κ1) is 16.0. The number of anilines is 1. The summed E-state index contributed by atoms with van der Waals surface area (Å²) in [6.45, 7) is 0. The van der Waals surface area contributed by atoms with Crippen LogP contribution in [0.2, 0.25) is 5.02 Å². The van der Waals surface area contributed by atoms with Crippen LogP contribution in [-0.2, 0) is 4.79 Å². The zero-order valence-electron chi connectivity index (χ0n) is 12.5. The van der Waals surface area contributed by atoms with Crippen LogP contribution in [0.15, 0.2) is 42.6 Å². The number of ether oxygens (including phenoxy) is 1. The van der Waals surface area contributed by atoms with E-state index in [0.717, 1.165) is 6.07 Å². The molecular weight excluding hydrogens is 335 g/mol. The van der Waals surface area contributed by atoms with Gasteiger partial charge in [-0.1, -0.05) is 11.6 Å². The Balaban J connectivity index is 1.88. The molecule has 0 atom stereocenters. The molecule has 0 radical (unpaired) electrons. The van der Waals surface area contributed by atoms with Gasteiger partial charge < -0.3 is 15.0 Å². The molecule has 0 spiro atoms. The minimum atomic E-state index is -0.846. The van der Waals surface area contributed by atoms with Gasteiger partial charge in [-0.2, -0.15) is 0 Å². The number of hydrogen-bond acceptors (Lipinski definition) is 3. The van der Waals surface area contributed by atoms with E-state index in [1.54, 1.807) is 18.2 Å². The first-order valence-corrected chi connectivity index (χ1v) is 7.33. The summed E-state index contributed by atoms with van der Waals surface area (Å²) in [5.41, 5.74) is 1.16. The zero-order valence-corrected chi connectivity index (χ0v) is 13.3. The number of ketones is 1. The van der Waals surface area contributed by atoms with Gasteiger partial charge in [0, 0.05) is 22.8 Å². The number of carbonyl (C=O) groups excluding carboxylic acids is 2. The number of amides is 1. The molecule has 2 N–H and O–H groups in total. The molecule has 3 aromatic rings. The van der Waals surface area contributed by atoms with Gasteiger partial charge in [0.25, 0.3) is 11.7 Å². The molecule has 1 amide bonds. The number of H-pyrrole nitrogens is 1. The molecule has 0 saturated heterocycles. The number of benzene rings is 2. The fourth-order valence-electron chi connectivity index (χ4n) is 2.30. The van der Waals surface area contributed by atoms with Crippen molar-refractivity contribution in [3.05, 3.63) is 59.0 Å². The Bertz CT molecular complexity index is 952. The van der Waals surface area contributed by atoms with Crippen molar-refractivity contribution in [3.8, 4) is 5.75 Å². The van der Waals surface area contributed by atoms with E-state index < -0.39 is 17.5 Å². The normalized spacial score (nSPS) is 10.6. The van der Waals surface area contributed by atoms with Crippen LogP contribution in [0.1, 0.15) is 10.4 Å². The van der Waals surface area contributed by atoms with Crippen molar-refractivity contribution in [2.24, 2.45) is 0 Å². The fourth-order valence-corrected chi connectivity index (χ4v) is 2.48. The summed E-state index contributed by atoms with van der Waals surface area (Å²) < 4.78 is 18.3. The Kier molecular flexibility index (Phi) is 4.22. The monoisotopic (exact) mass is 346 g/mol. The SMILES string of the molecule is COc1ccc2[nH]cc(C(=O)C(=O)Nc3ccc(F)c(Cl)c3)c2c1. The number of Topliss-reactive ketones (excluding diaryl/α,β-unsaturated/α-hetero) is 1. The van der Waals surface area contributed by atoms with Gasteiger partial charge in [0.1, 0.15) is 11.6 Å². The van der Waals surface area contributed by atoms with E-state index in [1.165, 1.54) is 25.4 Å². The van der Waals surface area contributed by atoms with Crippen LogP contribution < -0.4 is 10.1 Å². The molecular formula is C17H12ClFN2O3. The highest BCUT2D eigenvalue weighted by Crippen LogP contribution is 2.25. The van der Waals surface area contributed by atoms with Crippen molar-refractivity contribution >= 4 is 39.9 Å². The van der Waals surface area contributed by atoms with E-state index in [2.05, 4.69) is 10.3 Å². The minimum absolute atomic E-state index is 0.142. The Labute approximate surface area is 141 Å². The van der Waals surface area contributed by atoms with Gasteiger partial charge in [-0.3, -0.25) is 9.59 Å². The predicted octanol–water partition coefficient (Wildman–Crippen LogP) is 3.79. The zero-order chi connectivity index (χ0) is 17.3. The van der Waals surface area contributed by atoms with Crippen molar-refractivity contribution < 1.29 is 18.7 Å². The van der Waals surface area contributed by atoms with Gasteiger partial charge >= 0.3 is 0 Å². The van der Waals surface area contributed by atoms with Crippen molar-refractivity contribution in [1.29, 1.82) is 0 Å². The van der Waals surface area contributed by atoms with E-state index in [-0.39, 0.29) is 16.3 Å². The molecule has 7 heteroatoms. The van der Waals surface area contributed by atoms with E-state index in [1.807, 2.05) is 0 Å². The Morgan fingerprint density at radius 3 is 2.71 bits per heavy atom. The van der Waals surface area contributed by atoms with Crippen molar-refractivity contribution in [2.45, 2.75) is 0 Å². The second-order valence-corrected chi connectivity index (χ2v) is 5.43. The topological polar surface area (TPSA) is 71.2 Å². The largest absolute Gasteiger partial charge is 0.497 e. The quantitative estimate of drug-likeness (QED) is 0.557. The van der Waals surface area contributed by atoms with Crippen molar-refractivity contribution in [1.82, 2.24) is 4.98 Å². The van der Waals surface area contributed by atoms with Crippen LogP contribution in [-0.4, -0.2) is 23.8 Å². The number of aromatic amines is 1. The van der Waals surface area contributed by atoms with E-state index >= 15 is 0 Å². The minimum Gasteiger partial charge on any atom is -0.497 e. The molecule has 5 nitrogen and oxygen atoms in total. The Hall–Kier alpha value is -2.86. The first-order chi connectivity index (χ1) is 11.5. The van der Waals surface area contributed by atoms with Crippen LogP contribution in [0, 0.1) is 5.82 Å². The smallest absolute Gasteiger partial charge is 0.296 e. The van der Waals surface area contributed by atoms with Gasteiger partial charge in [-0.15, -0.1) is 0 Å². The third kappa shape index (κ3) is 2.96. The number of halogens is 2. The molecule has 0 bridgehead atoms. The second kappa shape index (κ2) is 6.33. The van der Waals surface area contributed by atoms with E-state index in [0.29, 0.717) is 16.7 Å². The maximum atomic E-state index is 13.1. The summed E-state index contributed by atoms with van der Waals surface area (Å²) in [7, 11) is 1.51. The molecule has 3 rings (SSSR count). The van der Waals surface area contributed by atoms with Crippen LogP contribution >= 0.6 is 11.6 Å². The van der Waals surface area contributed by atoms with Crippen molar-refractivity contribution in [2.75, 3.05) is 12.4 Å². The number of rotatable bonds is 4. The number of nitrogens with one attached hydrogen (secondary N) is 2. The molecule has 24 heavy (non-hydrogen) atoms. The van der Waals surface area contributed by atoms with Crippen LogP contribution in [0.25, 0.3) is 10.9 Å². The number of methoxy groups -OCH3 is 1. The summed E-state index contributed by atoms with van der Waals surface area (Å²) in [5.74, 6) is -1.61. The highest BCUT2D eigenvalue weighted by atomic mass is 35.5. The summed E-state index contributed by atoms with van der Waals surface area (Å²) in [5, 5.41) is 2.84. The highest BCUT2D eigenvalue weighted by molar-refractivity contribution is 6.48. The average molecular weight is 347 g/mol. The van der Waals surface area contributed by atoms with Gasteiger partial charge in [0.05, 0.1) is 17.7 Å². The molecule has 2 aromatic carbocycles. The number of hydrogen-bond donors (Lipinski definition) is 2. The molecule has 1 heterocycles. The Morgan fingerprint density at radius 2 is 2.00 bits per heavy atom. The molecule has 0 fully saturated rings.